The molecule has 0 amide bonds. The molecule has 1 aromatic heterocycles. The van der Waals surface area contributed by atoms with Crippen molar-refractivity contribution in [2.24, 2.45) is 0 Å². The Kier molecular flexibility index (Phi) is 3.61. The van der Waals surface area contributed by atoms with E-state index in [1.807, 2.05) is 0 Å². The monoisotopic (exact) mass is 269 g/mol. The molecule has 1 heterocycles. The lowest BCUT2D eigenvalue weighted by Crippen LogP contribution is -1.86. The van der Waals surface area contributed by atoms with E-state index < -0.39 is 0 Å². The van der Waals surface area contributed by atoms with Crippen LogP contribution in [0.4, 0.5) is 0 Å². The summed E-state index contributed by atoms with van der Waals surface area (Å²) in [5.74, 6) is 1.12. The molecule has 1 aromatic carbocycles. The lowest BCUT2D eigenvalue weighted by molar-refractivity contribution is 0.112. The van der Waals surface area contributed by atoms with Gasteiger partial charge in [0.1, 0.15) is 11.5 Å². The van der Waals surface area contributed by atoms with E-state index in [4.69, 9.17) is 21.1 Å². The van der Waals surface area contributed by atoms with E-state index in [0.29, 0.717) is 26.6 Å². The van der Waals surface area contributed by atoms with E-state index >= 15 is 0 Å². The molecule has 0 bridgehead atoms. The highest BCUT2D eigenvalue weighted by Gasteiger charge is 2.08. The van der Waals surface area contributed by atoms with Gasteiger partial charge < -0.3 is 9.47 Å². The molecule has 6 heteroatoms. The molecule has 0 aliphatic heterocycles. The zero-order valence-corrected chi connectivity index (χ0v) is 10.4. The van der Waals surface area contributed by atoms with Crippen molar-refractivity contribution in [1.29, 1.82) is 0 Å². The van der Waals surface area contributed by atoms with Crippen molar-refractivity contribution in [3.05, 3.63) is 34.3 Å². The number of carbonyl (C=O) groups excluding carboxylic acids is 1. The highest BCUT2D eigenvalue weighted by molar-refractivity contribution is 7.15. The van der Waals surface area contributed by atoms with Gasteiger partial charge in [0.15, 0.2) is 6.29 Å². The number of aldehydes is 1. The van der Waals surface area contributed by atoms with Crippen molar-refractivity contribution >= 4 is 29.2 Å². The van der Waals surface area contributed by atoms with Gasteiger partial charge >= 0.3 is 0 Å². The zero-order valence-electron chi connectivity index (χ0n) is 8.84. The van der Waals surface area contributed by atoms with Crippen LogP contribution in [0.2, 0.25) is 5.02 Å². The minimum absolute atomic E-state index is 0.374. The van der Waals surface area contributed by atoms with Crippen molar-refractivity contribution in [3.8, 4) is 16.7 Å². The quantitative estimate of drug-likeness (QED) is 0.798. The van der Waals surface area contributed by atoms with Gasteiger partial charge in [-0.1, -0.05) is 22.9 Å². The third-order valence-corrected chi connectivity index (χ3v) is 3.05. The lowest BCUT2D eigenvalue weighted by atomic mass is 10.3. The fraction of sp³-hybridized carbons (Fsp3) is 0.0909. The van der Waals surface area contributed by atoms with E-state index in [1.54, 1.807) is 25.3 Å². The number of halogens is 1. The number of benzene rings is 1. The van der Waals surface area contributed by atoms with Gasteiger partial charge in [-0.25, -0.2) is 4.98 Å². The maximum absolute atomic E-state index is 10.5. The number of thiazole rings is 1. The molecule has 0 spiro atoms. The van der Waals surface area contributed by atoms with Crippen molar-refractivity contribution in [2.45, 2.75) is 0 Å². The van der Waals surface area contributed by atoms with Crippen LogP contribution in [0, 0.1) is 0 Å². The van der Waals surface area contributed by atoms with Gasteiger partial charge in [-0.2, -0.15) is 0 Å². The van der Waals surface area contributed by atoms with E-state index in [1.165, 1.54) is 6.20 Å². The SMILES string of the molecule is COc1ccc(Oc2ncc(C=O)s2)c(Cl)c1. The Hall–Kier alpha value is -1.59. The summed E-state index contributed by atoms with van der Waals surface area (Å²) in [6.07, 6.45) is 2.17. The molecule has 0 saturated heterocycles. The summed E-state index contributed by atoms with van der Waals surface area (Å²) in [5.41, 5.74) is 0. The molecule has 0 fully saturated rings. The van der Waals surface area contributed by atoms with Crippen LogP contribution < -0.4 is 9.47 Å². The first-order valence-corrected chi connectivity index (χ1v) is 5.85. The first kappa shape index (κ1) is 11.9. The first-order chi connectivity index (χ1) is 8.22. The largest absolute Gasteiger partial charge is 0.497 e. The molecule has 0 aliphatic rings. The van der Waals surface area contributed by atoms with Gasteiger partial charge in [0, 0.05) is 6.07 Å². The summed E-state index contributed by atoms with van der Waals surface area (Å²) in [6.45, 7) is 0. The van der Waals surface area contributed by atoms with Crippen LogP contribution in [-0.2, 0) is 0 Å². The number of nitrogens with zero attached hydrogens (tertiary/aromatic N) is 1. The molecular weight excluding hydrogens is 262 g/mol. The van der Waals surface area contributed by atoms with Gasteiger partial charge in [-0.3, -0.25) is 4.79 Å². The summed E-state index contributed by atoms with van der Waals surface area (Å²) in [7, 11) is 1.56. The summed E-state index contributed by atoms with van der Waals surface area (Å²) in [6, 6.07) is 5.06. The average Bonchev–Trinajstić information content (AvgIpc) is 2.79. The predicted octanol–water partition coefficient (Wildman–Crippen LogP) is 3.41. The maximum Gasteiger partial charge on any atom is 0.279 e. The second-order valence-electron chi connectivity index (χ2n) is 3.04. The first-order valence-electron chi connectivity index (χ1n) is 4.65. The van der Waals surface area contributed by atoms with Crippen LogP contribution in [0.5, 0.6) is 16.7 Å². The Bertz CT molecular complexity index is 541. The van der Waals surface area contributed by atoms with Crippen LogP contribution in [0.1, 0.15) is 9.67 Å². The molecule has 0 atom stereocenters. The van der Waals surface area contributed by atoms with E-state index in [9.17, 15) is 4.79 Å². The minimum Gasteiger partial charge on any atom is -0.497 e. The molecule has 4 nitrogen and oxygen atoms in total. The van der Waals surface area contributed by atoms with Crippen LogP contribution in [0.3, 0.4) is 0 Å². The molecule has 17 heavy (non-hydrogen) atoms. The van der Waals surface area contributed by atoms with Gasteiger partial charge in [0.25, 0.3) is 5.19 Å². The molecular formula is C11H8ClNO3S. The molecule has 0 unspecified atom stereocenters. The second kappa shape index (κ2) is 5.16. The Balaban J connectivity index is 2.20. The number of methoxy groups -OCH3 is 1. The Morgan fingerprint density at radius 3 is 2.88 bits per heavy atom. The molecule has 0 saturated carbocycles. The van der Waals surface area contributed by atoms with Crippen molar-refractivity contribution in [2.75, 3.05) is 7.11 Å². The highest BCUT2D eigenvalue weighted by atomic mass is 35.5. The minimum atomic E-state index is 0.374. The third kappa shape index (κ3) is 2.75. The smallest absolute Gasteiger partial charge is 0.279 e. The predicted molar refractivity (Wildman–Crippen MR) is 65.6 cm³/mol. The molecule has 88 valence electrons. The molecule has 0 N–H and O–H groups in total. The fourth-order valence-electron chi connectivity index (χ4n) is 1.16. The molecule has 0 radical (unpaired) electrons. The Morgan fingerprint density at radius 1 is 1.47 bits per heavy atom. The van der Waals surface area contributed by atoms with Crippen LogP contribution in [0.25, 0.3) is 0 Å². The summed E-state index contributed by atoms with van der Waals surface area (Å²) in [5, 5.41) is 0.798. The highest BCUT2D eigenvalue weighted by Crippen LogP contribution is 2.33. The summed E-state index contributed by atoms with van der Waals surface area (Å²) < 4.78 is 10.5. The average molecular weight is 270 g/mol. The van der Waals surface area contributed by atoms with Gasteiger partial charge in [-0.05, 0) is 12.1 Å². The number of rotatable bonds is 4. The maximum atomic E-state index is 10.5. The van der Waals surface area contributed by atoms with E-state index in [2.05, 4.69) is 4.98 Å². The van der Waals surface area contributed by atoms with Crippen molar-refractivity contribution in [3.63, 3.8) is 0 Å². The summed E-state index contributed by atoms with van der Waals surface area (Å²) in [4.78, 5) is 14.9. The molecule has 0 aliphatic carbocycles. The topological polar surface area (TPSA) is 48.4 Å². The third-order valence-electron chi connectivity index (χ3n) is 1.95. The number of ether oxygens (including phenoxy) is 2. The number of carbonyl (C=O) groups is 1. The van der Waals surface area contributed by atoms with Gasteiger partial charge in [0.2, 0.25) is 0 Å². The fourth-order valence-corrected chi connectivity index (χ4v) is 1.96. The molecule has 2 rings (SSSR count). The number of hydrogen-bond donors (Lipinski definition) is 0. The van der Waals surface area contributed by atoms with Crippen LogP contribution in [0.15, 0.2) is 24.4 Å². The number of hydrogen-bond acceptors (Lipinski definition) is 5. The van der Waals surface area contributed by atoms with E-state index in [0.717, 1.165) is 17.6 Å². The Labute approximate surface area is 107 Å². The second-order valence-corrected chi connectivity index (χ2v) is 4.48. The number of aromatic nitrogens is 1. The normalized spacial score (nSPS) is 10.0. The standard InChI is InChI=1S/C11H8ClNO3S/c1-15-7-2-3-10(9(12)4-7)16-11-13-5-8(6-14)17-11/h2-6H,1H3. The van der Waals surface area contributed by atoms with Crippen molar-refractivity contribution < 1.29 is 14.3 Å². The summed E-state index contributed by atoms with van der Waals surface area (Å²) >= 11 is 7.16. The molecule has 2 aromatic rings. The van der Waals surface area contributed by atoms with Crippen LogP contribution >= 0.6 is 22.9 Å². The lowest BCUT2D eigenvalue weighted by Gasteiger charge is -2.05. The van der Waals surface area contributed by atoms with Gasteiger partial charge in [0.05, 0.1) is 23.2 Å². The zero-order chi connectivity index (χ0) is 12.3. The van der Waals surface area contributed by atoms with E-state index in [-0.39, 0.29) is 0 Å². The Morgan fingerprint density at radius 2 is 2.29 bits per heavy atom. The van der Waals surface area contributed by atoms with Crippen LogP contribution in [-0.4, -0.2) is 18.4 Å². The van der Waals surface area contributed by atoms with Crippen molar-refractivity contribution in [1.82, 2.24) is 4.98 Å². The van der Waals surface area contributed by atoms with Gasteiger partial charge in [-0.15, -0.1) is 0 Å².